The van der Waals surface area contributed by atoms with Gasteiger partial charge in [0, 0.05) is 17.8 Å². The Bertz CT molecular complexity index is 504. The van der Waals surface area contributed by atoms with Crippen LogP contribution < -0.4 is 0 Å². The van der Waals surface area contributed by atoms with Crippen molar-refractivity contribution in [1.29, 1.82) is 0 Å². The van der Waals surface area contributed by atoms with E-state index in [0.29, 0.717) is 5.69 Å². The Labute approximate surface area is 103 Å². The number of hydrogen-bond acceptors (Lipinski definition) is 5. The third kappa shape index (κ3) is 1.79. The zero-order valence-electron chi connectivity index (χ0n) is 10.1. The lowest BCUT2D eigenvalue weighted by Gasteiger charge is -2.14. The van der Waals surface area contributed by atoms with E-state index in [4.69, 9.17) is 0 Å². The van der Waals surface area contributed by atoms with E-state index in [9.17, 15) is 14.4 Å². The van der Waals surface area contributed by atoms with Crippen LogP contribution in [0.25, 0.3) is 0 Å². The molecule has 2 heterocycles. The minimum atomic E-state index is -0.967. The fraction of sp³-hybridized carbons (Fsp3) is 0.417. The number of esters is 2. The highest BCUT2D eigenvalue weighted by molar-refractivity contribution is 6.03. The maximum absolute atomic E-state index is 12.0. The molecule has 6 nitrogen and oxygen atoms in total. The highest BCUT2D eigenvalue weighted by Crippen LogP contribution is 2.37. The first-order valence-corrected chi connectivity index (χ1v) is 5.46. The first-order chi connectivity index (χ1) is 8.60. The van der Waals surface area contributed by atoms with Gasteiger partial charge in [0.15, 0.2) is 0 Å². The Morgan fingerprint density at radius 1 is 1.33 bits per heavy atom. The van der Waals surface area contributed by atoms with Crippen molar-refractivity contribution in [3.8, 4) is 0 Å². The van der Waals surface area contributed by atoms with Gasteiger partial charge >= 0.3 is 11.9 Å². The molecule has 0 aliphatic carbocycles. The van der Waals surface area contributed by atoms with E-state index in [2.05, 4.69) is 9.47 Å². The van der Waals surface area contributed by atoms with Crippen molar-refractivity contribution < 1.29 is 23.9 Å². The highest BCUT2D eigenvalue weighted by Gasteiger charge is 2.46. The minimum absolute atomic E-state index is 0.0218. The fourth-order valence-electron chi connectivity index (χ4n) is 2.27. The van der Waals surface area contributed by atoms with E-state index in [1.54, 1.807) is 18.3 Å². The lowest BCUT2D eigenvalue weighted by Crippen LogP contribution is -2.28. The lowest BCUT2D eigenvalue weighted by atomic mass is 9.89. The molecule has 96 valence electrons. The summed E-state index contributed by atoms with van der Waals surface area (Å²) >= 11 is 0. The molecular weight excluding hydrogens is 238 g/mol. The summed E-state index contributed by atoms with van der Waals surface area (Å²) in [7, 11) is 2.49. The molecule has 6 heteroatoms. The number of fused-ring (bicyclic) bond motifs is 1. The van der Waals surface area contributed by atoms with Crippen molar-refractivity contribution in [3.05, 3.63) is 24.0 Å². The van der Waals surface area contributed by atoms with Crippen LogP contribution in [0.3, 0.4) is 0 Å². The van der Waals surface area contributed by atoms with Crippen molar-refractivity contribution >= 4 is 17.8 Å². The van der Waals surface area contributed by atoms with Gasteiger partial charge < -0.3 is 9.47 Å². The average molecular weight is 251 g/mol. The van der Waals surface area contributed by atoms with Gasteiger partial charge in [-0.3, -0.25) is 19.0 Å². The van der Waals surface area contributed by atoms with Gasteiger partial charge in [0.2, 0.25) is 5.91 Å². The summed E-state index contributed by atoms with van der Waals surface area (Å²) in [5.74, 6) is -2.94. The van der Waals surface area contributed by atoms with E-state index < -0.39 is 23.8 Å². The van der Waals surface area contributed by atoms with Gasteiger partial charge in [0.25, 0.3) is 0 Å². The van der Waals surface area contributed by atoms with Crippen molar-refractivity contribution in [2.24, 2.45) is 5.92 Å². The van der Waals surface area contributed by atoms with Crippen LogP contribution in [0.2, 0.25) is 0 Å². The highest BCUT2D eigenvalue weighted by atomic mass is 16.5. The number of carbonyl (C=O) groups excluding carboxylic acids is 3. The van der Waals surface area contributed by atoms with Gasteiger partial charge in [0.05, 0.1) is 20.6 Å². The molecular formula is C12H13NO5. The van der Waals surface area contributed by atoms with E-state index in [1.165, 1.54) is 18.8 Å². The zero-order valence-corrected chi connectivity index (χ0v) is 10.1. The number of rotatable bonds is 3. The summed E-state index contributed by atoms with van der Waals surface area (Å²) < 4.78 is 10.6. The van der Waals surface area contributed by atoms with Gasteiger partial charge in [-0.05, 0) is 12.1 Å². The normalized spacial score (nSPS) is 21.6. The number of methoxy groups -OCH3 is 2. The van der Waals surface area contributed by atoms with Gasteiger partial charge in [0.1, 0.15) is 5.92 Å². The maximum Gasteiger partial charge on any atom is 0.318 e. The molecule has 1 aromatic heterocycles. The third-order valence-corrected chi connectivity index (χ3v) is 3.14. The van der Waals surface area contributed by atoms with Crippen LogP contribution >= 0.6 is 0 Å². The monoisotopic (exact) mass is 251 g/mol. The Hall–Kier alpha value is -2.11. The van der Waals surface area contributed by atoms with E-state index in [-0.39, 0.29) is 12.3 Å². The second kappa shape index (κ2) is 4.64. The molecule has 0 amide bonds. The predicted octanol–water partition coefficient (Wildman–Crippen LogP) is 0.578. The largest absolute Gasteiger partial charge is 0.469 e. The van der Waals surface area contributed by atoms with E-state index >= 15 is 0 Å². The van der Waals surface area contributed by atoms with Crippen LogP contribution in [0.15, 0.2) is 18.3 Å². The van der Waals surface area contributed by atoms with E-state index in [1.807, 2.05) is 0 Å². The average Bonchev–Trinajstić information content (AvgIpc) is 2.93. The molecule has 0 unspecified atom stereocenters. The van der Waals surface area contributed by atoms with Crippen LogP contribution in [-0.4, -0.2) is 36.6 Å². The predicted molar refractivity (Wildman–Crippen MR) is 59.9 cm³/mol. The molecule has 1 aliphatic rings. The molecule has 1 aliphatic heterocycles. The molecule has 18 heavy (non-hydrogen) atoms. The molecule has 2 rings (SSSR count). The number of hydrogen-bond donors (Lipinski definition) is 0. The molecule has 0 spiro atoms. The van der Waals surface area contributed by atoms with Crippen LogP contribution in [0.4, 0.5) is 0 Å². The number of aromatic nitrogens is 1. The van der Waals surface area contributed by atoms with Gasteiger partial charge in [-0.1, -0.05) is 0 Å². The minimum Gasteiger partial charge on any atom is -0.469 e. The summed E-state index contributed by atoms with van der Waals surface area (Å²) in [6, 6.07) is 3.42. The molecule has 0 fully saturated rings. The Balaban J connectivity index is 2.35. The molecule has 2 atom stereocenters. The van der Waals surface area contributed by atoms with Crippen molar-refractivity contribution in [2.45, 2.75) is 12.3 Å². The molecule has 1 aromatic rings. The molecule has 0 bridgehead atoms. The molecule has 0 radical (unpaired) electrons. The van der Waals surface area contributed by atoms with Gasteiger partial charge in [-0.25, -0.2) is 0 Å². The zero-order chi connectivity index (χ0) is 13.3. The quantitative estimate of drug-likeness (QED) is 0.580. The lowest BCUT2D eigenvalue weighted by molar-refractivity contribution is -0.145. The second-order valence-corrected chi connectivity index (χ2v) is 4.03. The number of ether oxygens (including phenoxy) is 2. The SMILES string of the molecule is COC(=O)C[C@@H]1c2cccn2C(=O)[C@H]1C(=O)OC. The second-order valence-electron chi connectivity index (χ2n) is 4.03. The first kappa shape index (κ1) is 12.3. The maximum atomic E-state index is 12.0. The van der Waals surface area contributed by atoms with Gasteiger partial charge in [-0.15, -0.1) is 0 Å². The summed E-state index contributed by atoms with van der Waals surface area (Å²) in [5.41, 5.74) is 0.640. The Morgan fingerprint density at radius 3 is 2.67 bits per heavy atom. The number of nitrogens with zero attached hydrogens (tertiary/aromatic N) is 1. The fourth-order valence-corrected chi connectivity index (χ4v) is 2.27. The topological polar surface area (TPSA) is 74.6 Å². The summed E-state index contributed by atoms with van der Waals surface area (Å²) in [6.45, 7) is 0. The van der Waals surface area contributed by atoms with Crippen molar-refractivity contribution in [3.63, 3.8) is 0 Å². The Morgan fingerprint density at radius 2 is 2.06 bits per heavy atom. The molecule has 0 N–H and O–H groups in total. The smallest absolute Gasteiger partial charge is 0.318 e. The number of carbonyl (C=O) groups is 3. The van der Waals surface area contributed by atoms with Crippen LogP contribution in [0, 0.1) is 5.92 Å². The van der Waals surface area contributed by atoms with Crippen LogP contribution in [-0.2, 0) is 19.1 Å². The summed E-state index contributed by atoms with van der Waals surface area (Å²) in [4.78, 5) is 35.1. The van der Waals surface area contributed by atoms with Crippen molar-refractivity contribution in [2.75, 3.05) is 14.2 Å². The molecule has 0 saturated carbocycles. The Kier molecular flexibility index (Phi) is 3.18. The summed E-state index contributed by atoms with van der Waals surface area (Å²) in [5, 5.41) is 0. The van der Waals surface area contributed by atoms with Crippen LogP contribution in [0.5, 0.6) is 0 Å². The van der Waals surface area contributed by atoms with Gasteiger partial charge in [-0.2, -0.15) is 0 Å². The standard InChI is InChI=1S/C12H13NO5/c1-17-9(14)6-7-8-4-3-5-13(8)11(15)10(7)12(16)18-2/h3-5,7,10H,6H2,1-2H3/t7-,10+/m1/s1. The molecule has 0 aromatic carbocycles. The summed E-state index contributed by atoms with van der Waals surface area (Å²) in [6.07, 6.45) is 1.55. The first-order valence-electron chi connectivity index (χ1n) is 5.46. The van der Waals surface area contributed by atoms with E-state index in [0.717, 1.165) is 0 Å². The third-order valence-electron chi connectivity index (χ3n) is 3.14. The van der Waals surface area contributed by atoms with Crippen molar-refractivity contribution in [1.82, 2.24) is 4.57 Å². The van der Waals surface area contributed by atoms with Crippen LogP contribution in [0.1, 0.15) is 22.8 Å². The molecule has 0 saturated heterocycles.